The molecule has 29 heavy (non-hydrogen) atoms. The zero-order valence-electron chi connectivity index (χ0n) is 15.1. The Kier molecular flexibility index (Phi) is 13.0. The molecule has 1 amide bonds. The summed E-state index contributed by atoms with van der Waals surface area (Å²) in [5.74, 6) is 0. The van der Waals surface area contributed by atoms with Crippen molar-refractivity contribution >= 4 is 99.0 Å². The molecule has 4 rings (SSSR count). The molecule has 0 unspecified atom stereocenters. The zero-order valence-corrected chi connectivity index (χ0v) is 24.8. The molecule has 0 saturated heterocycles. The predicted molar refractivity (Wildman–Crippen MR) is 141 cm³/mol. The van der Waals surface area contributed by atoms with Gasteiger partial charge >= 0.3 is 56.6 Å². The molecule has 2 aliphatic rings. The van der Waals surface area contributed by atoms with E-state index in [9.17, 15) is 4.79 Å². The van der Waals surface area contributed by atoms with Gasteiger partial charge in [-0.25, -0.2) is 4.58 Å². The number of hydrogen-bond donors (Lipinski definition) is 0. The molecule has 0 atom stereocenters. The summed E-state index contributed by atoms with van der Waals surface area (Å²) in [7, 11) is 3.47. The Morgan fingerprint density at radius 2 is 1.48 bits per heavy atom. The minimum absolute atomic E-state index is 0. The van der Waals surface area contributed by atoms with E-state index in [1.54, 1.807) is 0 Å². The van der Waals surface area contributed by atoms with Crippen LogP contribution in [0.15, 0.2) is 45.3 Å². The van der Waals surface area contributed by atoms with Crippen LogP contribution < -0.4 is 13.3 Å². The number of halogens is 5. The van der Waals surface area contributed by atoms with E-state index in [4.69, 9.17) is 0 Å². The molecule has 0 bridgehead atoms. The molecule has 158 valence electrons. The normalized spacial score (nSPS) is 12.8. The van der Waals surface area contributed by atoms with Crippen LogP contribution in [0.4, 0.5) is 16.2 Å². The molecular weight excluding hydrogens is 841 g/mol. The van der Waals surface area contributed by atoms with E-state index < -0.39 is 0 Å². The summed E-state index contributed by atoms with van der Waals surface area (Å²) < 4.78 is 10.6. The zero-order chi connectivity index (χ0) is 20.7. The Labute approximate surface area is 219 Å². The number of amides is 1. The van der Waals surface area contributed by atoms with Crippen LogP contribution >= 0.6 is 69.1 Å². The van der Waals surface area contributed by atoms with Crippen molar-refractivity contribution in [2.75, 3.05) is 14.2 Å². The van der Waals surface area contributed by atoms with Crippen LogP contribution in [0, 0.1) is 0 Å². The molecule has 4 nitrogen and oxygen atoms in total. The van der Waals surface area contributed by atoms with Crippen molar-refractivity contribution in [3.63, 3.8) is 0 Å². The summed E-state index contributed by atoms with van der Waals surface area (Å²) in [6, 6.07) is 12.2. The molecule has 0 saturated carbocycles. The topological polar surface area (TPSA) is 32.3 Å². The molecule has 0 aromatic heterocycles. The number of methoxy groups -OCH3 is 1. The summed E-state index contributed by atoms with van der Waals surface area (Å²) in [4.78, 5) is 11.3. The second kappa shape index (κ2) is 13.7. The van der Waals surface area contributed by atoms with Gasteiger partial charge in [0.2, 0.25) is 11.4 Å². The summed E-state index contributed by atoms with van der Waals surface area (Å²) in [5.41, 5.74) is 4.76. The third-order valence-electron chi connectivity index (χ3n) is 4.17. The van der Waals surface area contributed by atoms with E-state index in [1.807, 2.05) is 24.4 Å². The minimum atomic E-state index is -0.342. The summed E-state index contributed by atoms with van der Waals surface area (Å²) in [6.07, 6.45) is 5.50. The van der Waals surface area contributed by atoms with Crippen molar-refractivity contribution < 1.29 is 31.9 Å². The van der Waals surface area contributed by atoms with E-state index in [1.165, 1.54) is 27.4 Å². The van der Waals surface area contributed by atoms with E-state index in [2.05, 4.69) is 110 Å². The van der Waals surface area contributed by atoms with Gasteiger partial charge in [-0.1, -0.05) is 43.9 Å². The molecule has 0 N–H and O–H groups in total. The van der Waals surface area contributed by atoms with Crippen LogP contribution in [0.3, 0.4) is 0 Å². The van der Waals surface area contributed by atoms with Crippen LogP contribution in [0.5, 0.6) is 0 Å². The van der Waals surface area contributed by atoms with Gasteiger partial charge in [-0.05, 0) is 24.3 Å². The van der Waals surface area contributed by atoms with Crippen LogP contribution in [-0.4, -0.2) is 41.8 Å². The van der Waals surface area contributed by atoms with Crippen molar-refractivity contribution in [3.8, 4) is 0 Å². The molecule has 0 radical (unpaired) electrons. The number of carbonyl (C=O) groups excluding carboxylic acids is 1. The number of rotatable bonds is 0. The van der Waals surface area contributed by atoms with Gasteiger partial charge in [-0.3, -0.25) is 0 Å². The van der Waals surface area contributed by atoms with Gasteiger partial charge in [0, 0.05) is 32.2 Å². The molecule has 2 aromatic rings. The van der Waals surface area contributed by atoms with Gasteiger partial charge < -0.3 is 4.74 Å². The second-order valence-electron chi connectivity index (χ2n) is 5.82. The van der Waals surface area contributed by atoms with Gasteiger partial charge in [-0.2, -0.15) is 4.79 Å². The van der Waals surface area contributed by atoms with Crippen molar-refractivity contribution in [2.24, 2.45) is 0 Å². The SMILES string of the molecule is C.COC(=O)[N+]1=CCc2cc(Br)ccc21.C[N+]1=CCc2cc(Br)ccc21.I[I-]I. The third-order valence-corrected chi connectivity index (χ3v) is 5.16. The molecule has 0 fully saturated rings. The van der Waals surface area contributed by atoms with Crippen molar-refractivity contribution in [3.05, 3.63) is 56.5 Å². The van der Waals surface area contributed by atoms with Gasteiger partial charge in [0.25, 0.3) is 0 Å². The Hall–Kier alpha value is 0.400. The van der Waals surface area contributed by atoms with Crippen molar-refractivity contribution in [2.45, 2.75) is 20.3 Å². The number of benzene rings is 2. The fraction of sp³-hybridized carbons (Fsp3) is 0.250. The third kappa shape index (κ3) is 7.79. The number of ether oxygens (including phenoxy) is 1. The van der Waals surface area contributed by atoms with Gasteiger partial charge in [0.15, 0.2) is 6.21 Å². The van der Waals surface area contributed by atoms with Crippen LogP contribution in [-0.2, 0) is 17.6 Å². The number of carbonyl (C=O) groups is 1. The predicted octanol–water partition coefficient (Wildman–Crippen LogP) is 4.25. The summed E-state index contributed by atoms with van der Waals surface area (Å²) in [6.45, 7) is 0. The van der Waals surface area contributed by atoms with Gasteiger partial charge in [-0.15, -0.1) is 0 Å². The number of hydrogen-bond acceptors (Lipinski definition) is 2. The van der Waals surface area contributed by atoms with Crippen LogP contribution in [0.2, 0.25) is 0 Å². The van der Waals surface area contributed by atoms with Crippen LogP contribution in [0.25, 0.3) is 0 Å². The fourth-order valence-electron chi connectivity index (χ4n) is 2.91. The van der Waals surface area contributed by atoms with E-state index >= 15 is 0 Å². The Balaban J connectivity index is 0.000000253. The van der Waals surface area contributed by atoms with Crippen molar-refractivity contribution in [1.29, 1.82) is 0 Å². The quantitative estimate of drug-likeness (QED) is 0.294. The molecule has 2 aliphatic heterocycles. The molecule has 9 heteroatoms. The fourth-order valence-corrected chi connectivity index (χ4v) is 3.72. The first-order chi connectivity index (χ1) is 13.4. The molecule has 2 aromatic carbocycles. The summed E-state index contributed by atoms with van der Waals surface area (Å²) in [5, 5.41) is 0. The second-order valence-corrected chi connectivity index (χ2v) is 23.9. The summed E-state index contributed by atoms with van der Waals surface area (Å²) >= 11 is 12.1. The Morgan fingerprint density at radius 1 is 1.00 bits per heavy atom. The molecule has 0 spiro atoms. The average Bonchev–Trinajstić information content (AvgIpc) is 3.25. The van der Waals surface area contributed by atoms with Gasteiger partial charge in [0.05, 0.1) is 20.0 Å². The molecule has 2 heterocycles. The molecular formula is C20H22Br2I3N2O2+. The van der Waals surface area contributed by atoms with E-state index in [-0.39, 0.29) is 13.5 Å². The monoisotopic (exact) mass is 861 g/mol. The van der Waals surface area contributed by atoms with E-state index in [0.29, 0.717) is 13.3 Å². The first-order valence-electron chi connectivity index (χ1n) is 8.11. The van der Waals surface area contributed by atoms with Crippen molar-refractivity contribution in [1.82, 2.24) is 0 Å². The van der Waals surface area contributed by atoms with Gasteiger partial charge in [0.1, 0.15) is 13.3 Å². The number of fused-ring (bicyclic) bond motifs is 2. The average molecular weight is 863 g/mol. The maximum atomic E-state index is 11.3. The Bertz CT molecular complexity index is 934. The standard InChI is InChI=1S/C10H9BrNO2.C9H9BrN.CH4.I3/c1-14-10(13)12-5-4-7-6-8(11)2-3-9(7)12;1-11-5-4-7-6-8(10)2-3-9(7)11;;1-3-2/h2-3,5-6H,4H2,1H3;2-3,5-6H,4H2,1H3;1H4;/q2*+1;;-1. The number of nitrogens with zero attached hydrogens (tertiary/aromatic N) is 2. The molecule has 0 aliphatic carbocycles. The Morgan fingerprint density at radius 3 is 2.03 bits per heavy atom. The maximum absolute atomic E-state index is 11.3. The first kappa shape index (κ1) is 27.4. The van der Waals surface area contributed by atoms with Crippen LogP contribution in [0.1, 0.15) is 18.6 Å². The van der Waals surface area contributed by atoms with E-state index in [0.717, 1.165) is 28.6 Å². The first-order valence-corrected chi connectivity index (χ1v) is 22.3.